The summed E-state index contributed by atoms with van der Waals surface area (Å²) in [6, 6.07) is 14.6. The van der Waals surface area contributed by atoms with Gasteiger partial charge in [0.25, 0.3) is 5.91 Å². The Balaban J connectivity index is 1.66. The van der Waals surface area contributed by atoms with Gasteiger partial charge in [0, 0.05) is 16.0 Å². The van der Waals surface area contributed by atoms with Crippen LogP contribution in [0.4, 0.5) is 0 Å². The van der Waals surface area contributed by atoms with Crippen LogP contribution in [0, 0.1) is 0 Å². The van der Waals surface area contributed by atoms with Crippen molar-refractivity contribution in [3.8, 4) is 5.75 Å². The third-order valence-electron chi connectivity index (χ3n) is 3.95. The van der Waals surface area contributed by atoms with Crippen LogP contribution >= 0.6 is 22.9 Å². The zero-order valence-corrected chi connectivity index (χ0v) is 15.9. The Morgan fingerprint density at radius 1 is 1.27 bits per heavy atom. The van der Waals surface area contributed by atoms with Crippen LogP contribution < -0.4 is 10.1 Å². The van der Waals surface area contributed by atoms with Gasteiger partial charge in [0.15, 0.2) is 0 Å². The number of carbonyl (C=O) groups is 1. The molecule has 0 spiro atoms. The van der Waals surface area contributed by atoms with E-state index in [9.17, 15) is 4.79 Å². The highest BCUT2D eigenvalue weighted by Crippen LogP contribution is 2.21. The van der Waals surface area contributed by atoms with Crippen molar-refractivity contribution in [3.05, 3.63) is 81.3 Å². The second-order valence-electron chi connectivity index (χ2n) is 5.78. The number of amides is 1. The molecule has 26 heavy (non-hydrogen) atoms. The van der Waals surface area contributed by atoms with Gasteiger partial charge < -0.3 is 10.1 Å². The molecule has 0 radical (unpaired) electrons. The standard InChI is InChI=1S/C20H19ClN2O2S/c1-2-19(14-6-8-16(21)9-7-14)23-20(24)15-4-3-5-18(10-15)25-11-17-12-26-13-22-17/h3-10,12-13,19H,2,11H2,1H3,(H,23,24). The van der Waals surface area contributed by atoms with Crippen LogP contribution in [-0.4, -0.2) is 10.9 Å². The van der Waals surface area contributed by atoms with Crippen molar-refractivity contribution in [2.24, 2.45) is 0 Å². The molecule has 0 saturated carbocycles. The summed E-state index contributed by atoms with van der Waals surface area (Å²) in [7, 11) is 0. The van der Waals surface area contributed by atoms with E-state index in [0.29, 0.717) is 22.9 Å². The molecule has 0 aliphatic carbocycles. The lowest BCUT2D eigenvalue weighted by Gasteiger charge is -2.18. The minimum Gasteiger partial charge on any atom is -0.487 e. The van der Waals surface area contributed by atoms with E-state index in [0.717, 1.165) is 17.7 Å². The van der Waals surface area contributed by atoms with Crippen LogP contribution in [0.2, 0.25) is 5.02 Å². The van der Waals surface area contributed by atoms with Crippen molar-refractivity contribution in [1.82, 2.24) is 10.3 Å². The molecule has 6 heteroatoms. The first-order valence-electron chi connectivity index (χ1n) is 8.32. The average molecular weight is 387 g/mol. The van der Waals surface area contributed by atoms with Crippen molar-refractivity contribution in [3.63, 3.8) is 0 Å². The van der Waals surface area contributed by atoms with E-state index in [1.165, 1.54) is 11.3 Å². The summed E-state index contributed by atoms with van der Waals surface area (Å²) in [4.78, 5) is 16.8. The van der Waals surface area contributed by atoms with Gasteiger partial charge in [-0.05, 0) is 42.3 Å². The largest absolute Gasteiger partial charge is 0.487 e. The normalized spacial score (nSPS) is 11.8. The van der Waals surface area contributed by atoms with Crippen LogP contribution in [0.25, 0.3) is 0 Å². The Morgan fingerprint density at radius 3 is 2.77 bits per heavy atom. The number of nitrogens with zero attached hydrogens (tertiary/aromatic N) is 1. The summed E-state index contributed by atoms with van der Waals surface area (Å²) in [5.41, 5.74) is 4.23. The third-order valence-corrected chi connectivity index (χ3v) is 4.84. The number of thiazole rings is 1. The number of nitrogens with one attached hydrogen (secondary N) is 1. The van der Waals surface area contributed by atoms with Crippen molar-refractivity contribution < 1.29 is 9.53 Å². The average Bonchev–Trinajstić information content (AvgIpc) is 3.19. The van der Waals surface area contributed by atoms with Gasteiger partial charge in [-0.15, -0.1) is 11.3 Å². The van der Waals surface area contributed by atoms with Gasteiger partial charge in [-0.2, -0.15) is 0 Å². The number of aromatic nitrogens is 1. The van der Waals surface area contributed by atoms with E-state index in [2.05, 4.69) is 10.3 Å². The Labute approximate surface area is 161 Å². The number of benzene rings is 2. The molecule has 1 unspecified atom stereocenters. The number of rotatable bonds is 7. The Kier molecular flexibility index (Phi) is 6.26. The second kappa shape index (κ2) is 8.83. The van der Waals surface area contributed by atoms with Crippen LogP contribution in [0.5, 0.6) is 5.75 Å². The second-order valence-corrected chi connectivity index (χ2v) is 6.94. The molecule has 0 bridgehead atoms. The van der Waals surface area contributed by atoms with E-state index in [4.69, 9.17) is 16.3 Å². The van der Waals surface area contributed by atoms with Crippen LogP contribution in [-0.2, 0) is 6.61 Å². The van der Waals surface area contributed by atoms with Crippen molar-refractivity contribution >= 4 is 28.8 Å². The SMILES string of the molecule is CCC(NC(=O)c1cccc(OCc2cscn2)c1)c1ccc(Cl)cc1. The molecule has 2 aromatic carbocycles. The maximum Gasteiger partial charge on any atom is 0.251 e. The lowest BCUT2D eigenvalue weighted by atomic mass is 10.0. The van der Waals surface area contributed by atoms with Crippen LogP contribution in [0.3, 0.4) is 0 Å². The summed E-state index contributed by atoms with van der Waals surface area (Å²) >= 11 is 7.47. The molecular formula is C20H19ClN2O2S. The lowest BCUT2D eigenvalue weighted by Crippen LogP contribution is -2.28. The molecule has 1 aromatic heterocycles. The molecule has 0 aliphatic heterocycles. The molecule has 0 aliphatic rings. The predicted octanol–water partition coefficient (Wildman–Crippen LogP) is 5.26. The quantitative estimate of drug-likeness (QED) is 0.602. The maximum absolute atomic E-state index is 12.6. The zero-order chi connectivity index (χ0) is 18.4. The van der Waals surface area contributed by atoms with Crippen molar-refractivity contribution in [2.75, 3.05) is 0 Å². The molecule has 1 heterocycles. The van der Waals surface area contributed by atoms with Gasteiger partial charge >= 0.3 is 0 Å². The zero-order valence-electron chi connectivity index (χ0n) is 14.3. The molecule has 1 N–H and O–H groups in total. The highest BCUT2D eigenvalue weighted by Gasteiger charge is 2.14. The Morgan fingerprint density at radius 2 is 2.08 bits per heavy atom. The van der Waals surface area contributed by atoms with E-state index < -0.39 is 0 Å². The van der Waals surface area contributed by atoms with Crippen LogP contribution in [0.1, 0.15) is 41.0 Å². The summed E-state index contributed by atoms with van der Waals surface area (Å²) in [6.07, 6.45) is 0.785. The molecule has 134 valence electrons. The molecule has 4 nitrogen and oxygen atoms in total. The van der Waals surface area contributed by atoms with Crippen LogP contribution in [0.15, 0.2) is 59.4 Å². The van der Waals surface area contributed by atoms with Gasteiger partial charge in [-0.3, -0.25) is 4.79 Å². The molecular weight excluding hydrogens is 368 g/mol. The Hall–Kier alpha value is -2.37. The Bertz CT molecular complexity index is 851. The van der Waals surface area contributed by atoms with E-state index in [-0.39, 0.29) is 11.9 Å². The fraction of sp³-hybridized carbons (Fsp3) is 0.200. The minimum atomic E-state index is -0.133. The number of ether oxygens (including phenoxy) is 1. The van der Waals surface area contributed by atoms with Gasteiger partial charge in [0.1, 0.15) is 12.4 Å². The van der Waals surface area contributed by atoms with Gasteiger partial charge in [0.2, 0.25) is 0 Å². The fourth-order valence-corrected chi connectivity index (χ4v) is 3.22. The van der Waals surface area contributed by atoms with E-state index >= 15 is 0 Å². The summed E-state index contributed by atoms with van der Waals surface area (Å²) in [5, 5.41) is 5.69. The van der Waals surface area contributed by atoms with E-state index in [1.807, 2.05) is 48.7 Å². The lowest BCUT2D eigenvalue weighted by molar-refractivity contribution is 0.0935. The molecule has 0 saturated heterocycles. The van der Waals surface area contributed by atoms with Crippen molar-refractivity contribution in [1.29, 1.82) is 0 Å². The van der Waals surface area contributed by atoms with E-state index in [1.54, 1.807) is 17.6 Å². The van der Waals surface area contributed by atoms with Gasteiger partial charge in [-0.1, -0.05) is 36.7 Å². The maximum atomic E-state index is 12.6. The predicted molar refractivity (Wildman–Crippen MR) is 105 cm³/mol. The van der Waals surface area contributed by atoms with Gasteiger partial charge in [-0.25, -0.2) is 4.98 Å². The summed E-state index contributed by atoms with van der Waals surface area (Å²) in [6.45, 7) is 2.42. The monoisotopic (exact) mass is 386 g/mol. The first-order valence-corrected chi connectivity index (χ1v) is 9.64. The number of carbonyl (C=O) groups excluding carboxylic acids is 1. The first-order chi connectivity index (χ1) is 12.7. The number of hydrogen-bond acceptors (Lipinski definition) is 4. The molecule has 1 atom stereocenters. The highest BCUT2D eigenvalue weighted by atomic mass is 35.5. The molecule has 3 aromatic rings. The minimum absolute atomic E-state index is 0.0700. The molecule has 1 amide bonds. The number of halogens is 1. The molecule has 3 rings (SSSR count). The third kappa shape index (κ3) is 4.84. The topological polar surface area (TPSA) is 51.2 Å². The molecule has 0 fully saturated rings. The fourth-order valence-electron chi connectivity index (χ4n) is 2.55. The smallest absolute Gasteiger partial charge is 0.251 e. The first kappa shape index (κ1) is 18.4. The highest BCUT2D eigenvalue weighted by molar-refractivity contribution is 7.07. The number of hydrogen-bond donors (Lipinski definition) is 1. The summed E-state index contributed by atoms with van der Waals surface area (Å²) < 4.78 is 5.72. The van der Waals surface area contributed by atoms with Gasteiger partial charge in [0.05, 0.1) is 17.2 Å². The van der Waals surface area contributed by atoms with Crippen molar-refractivity contribution in [2.45, 2.75) is 26.0 Å². The summed E-state index contributed by atoms with van der Waals surface area (Å²) in [5.74, 6) is 0.510.